The Morgan fingerprint density at radius 2 is 1.95 bits per heavy atom. The predicted molar refractivity (Wildman–Crippen MR) is 91.0 cm³/mol. The lowest BCUT2D eigenvalue weighted by atomic mass is 10.1. The van der Waals surface area contributed by atoms with Crippen molar-refractivity contribution in [1.29, 1.82) is 0 Å². The fourth-order valence-corrected chi connectivity index (χ4v) is 3.76. The summed E-state index contributed by atoms with van der Waals surface area (Å²) in [5, 5.41) is 3.02. The van der Waals surface area contributed by atoms with E-state index in [1.165, 1.54) is 0 Å². The van der Waals surface area contributed by atoms with Crippen LogP contribution < -0.4 is 5.73 Å². The number of hydrogen-bond donors (Lipinski definition) is 1. The number of fused-ring (bicyclic) bond motifs is 1. The van der Waals surface area contributed by atoms with Crippen molar-refractivity contribution in [2.75, 3.05) is 32.7 Å². The molecule has 2 heterocycles. The molecular weight excluding hydrogens is 302 g/mol. The maximum atomic E-state index is 12.7. The van der Waals surface area contributed by atoms with Crippen molar-refractivity contribution in [3.8, 4) is 0 Å². The molecule has 4 nitrogen and oxygen atoms in total. The average molecular weight is 319 g/mol. The van der Waals surface area contributed by atoms with E-state index in [9.17, 15) is 4.79 Å². The molecular formula is C15H17N3OS2. The Labute approximate surface area is 133 Å². The van der Waals surface area contributed by atoms with E-state index in [1.807, 2.05) is 28.5 Å². The maximum absolute atomic E-state index is 12.7. The summed E-state index contributed by atoms with van der Waals surface area (Å²) >= 11 is 6.56. The fraction of sp³-hybridized carbons (Fsp3) is 0.333. The summed E-state index contributed by atoms with van der Waals surface area (Å²) in [6.45, 7) is 3.74. The first-order valence-electron chi connectivity index (χ1n) is 6.91. The minimum absolute atomic E-state index is 0.127. The average Bonchev–Trinajstić information content (AvgIpc) is 2.90. The molecule has 0 spiro atoms. The van der Waals surface area contributed by atoms with Gasteiger partial charge < -0.3 is 10.6 Å². The summed E-state index contributed by atoms with van der Waals surface area (Å²) in [5.74, 6) is 0.127. The molecule has 2 aromatic rings. The van der Waals surface area contributed by atoms with Crippen LogP contribution in [0.3, 0.4) is 0 Å². The first-order valence-corrected chi connectivity index (χ1v) is 8.20. The number of piperazine rings is 1. The molecule has 0 atom stereocenters. The minimum atomic E-state index is 0.127. The first-order chi connectivity index (χ1) is 10.1. The van der Waals surface area contributed by atoms with Gasteiger partial charge >= 0.3 is 0 Å². The lowest BCUT2D eigenvalue weighted by molar-refractivity contribution is 0.0657. The van der Waals surface area contributed by atoms with Crippen LogP contribution in [0.5, 0.6) is 0 Å². The molecule has 0 aliphatic carbocycles. The highest BCUT2D eigenvalue weighted by atomic mass is 32.1. The van der Waals surface area contributed by atoms with Crippen molar-refractivity contribution in [1.82, 2.24) is 9.80 Å². The first kappa shape index (κ1) is 14.4. The Kier molecular flexibility index (Phi) is 4.19. The van der Waals surface area contributed by atoms with Gasteiger partial charge in [-0.2, -0.15) is 0 Å². The van der Waals surface area contributed by atoms with Gasteiger partial charge in [-0.15, -0.1) is 11.3 Å². The fourth-order valence-electron chi connectivity index (χ4n) is 2.64. The zero-order valence-electron chi connectivity index (χ0n) is 11.6. The van der Waals surface area contributed by atoms with Crippen LogP contribution in [0.2, 0.25) is 0 Å². The van der Waals surface area contributed by atoms with Gasteiger partial charge in [0.05, 0.1) is 10.6 Å². The second kappa shape index (κ2) is 6.09. The molecule has 21 heavy (non-hydrogen) atoms. The molecule has 1 aliphatic rings. The number of rotatable bonds is 3. The van der Waals surface area contributed by atoms with E-state index in [2.05, 4.69) is 11.0 Å². The normalized spacial score (nSPS) is 16.3. The minimum Gasteiger partial charge on any atom is -0.392 e. The van der Waals surface area contributed by atoms with Crippen LogP contribution in [-0.2, 0) is 0 Å². The summed E-state index contributed by atoms with van der Waals surface area (Å²) in [6.07, 6.45) is 0. The van der Waals surface area contributed by atoms with Gasteiger partial charge in [0.2, 0.25) is 0 Å². The molecule has 1 aromatic heterocycles. The van der Waals surface area contributed by atoms with E-state index in [4.69, 9.17) is 18.0 Å². The van der Waals surface area contributed by atoms with E-state index in [1.54, 1.807) is 11.3 Å². The number of nitrogens with two attached hydrogens (primary N) is 1. The Hall–Kier alpha value is -1.50. The van der Waals surface area contributed by atoms with Crippen molar-refractivity contribution in [2.45, 2.75) is 0 Å². The highest BCUT2D eigenvalue weighted by Crippen LogP contribution is 2.26. The standard InChI is InChI=1S/C15H17N3OS2/c16-14(20)9-17-5-7-18(8-6-17)15(19)12-10-21-13-4-2-1-3-11(12)13/h1-4,10H,5-9H2,(H2,16,20). The number of carbonyl (C=O) groups excluding carboxylic acids is 1. The molecule has 0 unspecified atom stereocenters. The Morgan fingerprint density at radius 1 is 1.24 bits per heavy atom. The number of thiocarbonyl (C=S) groups is 1. The number of benzene rings is 1. The van der Waals surface area contributed by atoms with Crippen molar-refractivity contribution in [2.24, 2.45) is 5.73 Å². The third-order valence-electron chi connectivity index (χ3n) is 3.75. The number of amides is 1. The van der Waals surface area contributed by atoms with Gasteiger partial charge in [0.25, 0.3) is 5.91 Å². The molecule has 1 aliphatic heterocycles. The molecule has 0 radical (unpaired) electrons. The van der Waals surface area contributed by atoms with Gasteiger partial charge in [0.15, 0.2) is 0 Å². The lowest BCUT2D eigenvalue weighted by Gasteiger charge is -2.34. The molecule has 1 aromatic carbocycles. The molecule has 6 heteroatoms. The van der Waals surface area contributed by atoms with E-state index in [-0.39, 0.29) is 5.91 Å². The van der Waals surface area contributed by atoms with Crippen LogP contribution in [0.15, 0.2) is 29.6 Å². The van der Waals surface area contributed by atoms with Crippen molar-refractivity contribution in [3.05, 3.63) is 35.2 Å². The van der Waals surface area contributed by atoms with Crippen LogP contribution in [0.1, 0.15) is 10.4 Å². The van der Waals surface area contributed by atoms with E-state index >= 15 is 0 Å². The van der Waals surface area contributed by atoms with Crippen LogP contribution >= 0.6 is 23.6 Å². The number of thiophene rings is 1. The monoisotopic (exact) mass is 319 g/mol. The summed E-state index contributed by atoms with van der Waals surface area (Å²) in [5.41, 5.74) is 6.39. The topological polar surface area (TPSA) is 49.6 Å². The quantitative estimate of drug-likeness (QED) is 0.879. The SMILES string of the molecule is NC(=S)CN1CCN(C(=O)c2csc3ccccc23)CC1. The Morgan fingerprint density at radius 3 is 2.67 bits per heavy atom. The second-order valence-corrected chi connectivity index (χ2v) is 6.62. The molecule has 0 bridgehead atoms. The second-order valence-electron chi connectivity index (χ2n) is 5.18. The van der Waals surface area contributed by atoms with Crippen LogP contribution in [0.25, 0.3) is 10.1 Å². The third kappa shape index (κ3) is 3.07. The van der Waals surface area contributed by atoms with E-state index in [0.717, 1.165) is 41.8 Å². The van der Waals surface area contributed by atoms with E-state index < -0.39 is 0 Å². The van der Waals surface area contributed by atoms with Gasteiger partial charge in [-0.3, -0.25) is 9.69 Å². The maximum Gasteiger partial charge on any atom is 0.255 e. The summed E-state index contributed by atoms with van der Waals surface area (Å²) in [7, 11) is 0. The van der Waals surface area contributed by atoms with Crippen LogP contribution in [-0.4, -0.2) is 53.4 Å². The summed E-state index contributed by atoms with van der Waals surface area (Å²) in [4.78, 5) is 17.3. The van der Waals surface area contributed by atoms with Gasteiger partial charge in [-0.05, 0) is 6.07 Å². The van der Waals surface area contributed by atoms with Crippen molar-refractivity contribution >= 4 is 44.5 Å². The van der Waals surface area contributed by atoms with Gasteiger partial charge in [-0.25, -0.2) is 0 Å². The highest BCUT2D eigenvalue weighted by Gasteiger charge is 2.23. The number of nitrogens with zero attached hydrogens (tertiary/aromatic N) is 2. The zero-order chi connectivity index (χ0) is 14.8. The summed E-state index contributed by atoms with van der Waals surface area (Å²) in [6, 6.07) is 8.05. The third-order valence-corrected chi connectivity index (χ3v) is 4.84. The number of hydrogen-bond acceptors (Lipinski definition) is 4. The molecule has 1 saturated heterocycles. The van der Waals surface area contributed by atoms with Crippen molar-refractivity contribution in [3.63, 3.8) is 0 Å². The Balaban J connectivity index is 1.71. The zero-order valence-corrected chi connectivity index (χ0v) is 13.3. The van der Waals surface area contributed by atoms with Gasteiger partial charge in [0, 0.05) is 48.2 Å². The molecule has 1 amide bonds. The summed E-state index contributed by atoms with van der Waals surface area (Å²) < 4.78 is 1.16. The molecule has 2 N–H and O–H groups in total. The molecule has 110 valence electrons. The van der Waals surface area contributed by atoms with E-state index in [0.29, 0.717) is 11.5 Å². The number of carbonyl (C=O) groups is 1. The van der Waals surface area contributed by atoms with Crippen molar-refractivity contribution < 1.29 is 4.79 Å². The van der Waals surface area contributed by atoms with Gasteiger partial charge in [0.1, 0.15) is 0 Å². The Bertz CT molecular complexity index is 674. The molecule has 1 fully saturated rings. The van der Waals surface area contributed by atoms with Gasteiger partial charge in [-0.1, -0.05) is 30.4 Å². The smallest absolute Gasteiger partial charge is 0.255 e. The largest absolute Gasteiger partial charge is 0.392 e. The lowest BCUT2D eigenvalue weighted by Crippen LogP contribution is -2.50. The molecule has 3 rings (SSSR count). The predicted octanol–water partition coefficient (Wildman–Crippen LogP) is 1.95. The molecule has 0 saturated carbocycles. The van der Waals surface area contributed by atoms with Crippen LogP contribution in [0, 0.1) is 0 Å². The highest BCUT2D eigenvalue weighted by molar-refractivity contribution is 7.80. The van der Waals surface area contributed by atoms with Crippen LogP contribution in [0.4, 0.5) is 0 Å².